The van der Waals surface area contributed by atoms with Crippen LogP contribution in [-0.4, -0.2) is 25.8 Å². The Labute approximate surface area is 146 Å². The van der Waals surface area contributed by atoms with Crippen LogP contribution in [0.2, 0.25) is 0 Å². The minimum Gasteiger partial charge on any atom is -0.467 e. The van der Waals surface area contributed by atoms with Crippen LogP contribution in [0.4, 0.5) is 17.3 Å². The Morgan fingerprint density at radius 2 is 2.08 bits per heavy atom. The lowest BCUT2D eigenvalue weighted by Crippen LogP contribution is -2.30. The van der Waals surface area contributed by atoms with E-state index in [-0.39, 0.29) is 23.7 Å². The van der Waals surface area contributed by atoms with Crippen molar-refractivity contribution in [2.75, 3.05) is 10.7 Å². The highest BCUT2D eigenvalue weighted by Gasteiger charge is 2.23. The number of carbonyl (C=O) groups is 1. The molecule has 0 radical (unpaired) electrons. The topological polar surface area (TPSA) is 148 Å². The molecule has 0 unspecified atom stereocenters. The molecule has 0 bridgehead atoms. The largest absolute Gasteiger partial charge is 0.467 e. The number of hydrazine groups is 1. The number of pyridine rings is 1. The van der Waals surface area contributed by atoms with Gasteiger partial charge in [0.1, 0.15) is 12.1 Å². The summed E-state index contributed by atoms with van der Waals surface area (Å²) >= 11 is 0. The molecule has 3 N–H and O–H groups in total. The molecule has 11 heteroatoms. The number of aromatic nitrogens is 3. The SMILES string of the molecule is O=C(NNc1ncnc(NCc2ccco2)c1[N+](=O)[O-])c1cccnc1. The van der Waals surface area contributed by atoms with E-state index in [1.807, 2.05) is 0 Å². The van der Waals surface area contributed by atoms with Gasteiger partial charge in [-0.3, -0.25) is 30.7 Å². The molecule has 3 aromatic heterocycles. The summed E-state index contributed by atoms with van der Waals surface area (Å²) in [4.78, 5) is 34.3. The number of hydrogen-bond acceptors (Lipinski definition) is 9. The first-order chi connectivity index (χ1) is 12.6. The van der Waals surface area contributed by atoms with E-state index in [0.717, 1.165) is 6.33 Å². The van der Waals surface area contributed by atoms with Gasteiger partial charge in [-0.1, -0.05) is 0 Å². The average molecular weight is 355 g/mol. The number of nitro groups is 1. The molecule has 0 aliphatic carbocycles. The Kier molecular flexibility index (Phi) is 4.98. The smallest absolute Gasteiger partial charge is 0.354 e. The van der Waals surface area contributed by atoms with Crippen molar-refractivity contribution in [1.82, 2.24) is 20.4 Å². The molecule has 0 aliphatic heterocycles. The molecule has 0 saturated heterocycles. The summed E-state index contributed by atoms with van der Waals surface area (Å²) in [7, 11) is 0. The minimum absolute atomic E-state index is 0.0143. The van der Waals surface area contributed by atoms with E-state index in [1.165, 1.54) is 18.7 Å². The second-order valence-corrected chi connectivity index (χ2v) is 4.93. The van der Waals surface area contributed by atoms with E-state index in [9.17, 15) is 14.9 Å². The highest BCUT2D eigenvalue weighted by atomic mass is 16.6. The number of nitrogens with one attached hydrogen (secondary N) is 3. The Hall–Kier alpha value is -4.02. The monoisotopic (exact) mass is 355 g/mol. The number of amides is 1. The predicted molar refractivity (Wildman–Crippen MR) is 90.0 cm³/mol. The maximum atomic E-state index is 12.0. The van der Waals surface area contributed by atoms with Gasteiger partial charge in [-0.25, -0.2) is 9.97 Å². The zero-order chi connectivity index (χ0) is 18.4. The van der Waals surface area contributed by atoms with Gasteiger partial charge in [0.25, 0.3) is 5.91 Å². The average Bonchev–Trinajstić information content (AvgIpc) is 3.18. The van der Waals surface area contributed by atoms with Gasteiger partial charge < -0.3 is 9.73 Å². The molecule has 0 atom stereocenters. The van der Waals surface area contributed by atoms with Gasteiger partial charge in [0.05, 0.1) is 23.3 Å². The highest BCUT2D eigenvalue weighted by molar-refractivity contribution is 5.94. The molecule has 0 aliphatic rings. The van der Waals surface area contributed by atoms with Gasteiger partial charge >= 0.3 is 5.69 Å². The minimum atomic E-state index is -0.650. The van der Waals surface area contributed by atoms with Crippen molar-refractivity contribution in [3.8, 4) is 0 Å². The third kappa shape index (κ3) is 3.90. The molecule has 0 aromatic carbocycles. The van der Waals surface area contributed by atoms with Crippen molar-refractivity contribution in [1.29, 1.82) is 0 Å². The fourth-order valence-electron chi connectivity index (χ4n) is 2.04. The van der Waals surface area contributed by atoms with E-state index < -0.39 is 16.5 Å². The number of nitrogens with zero attached hydrogens (tertiary/aromatic N) is 4. The molecule has 26 heavy (non-hydrogen) atoms. The first-order valence-electron chi connectivity index (χ1n) is 7.37. The Bertz CT molecular complexity index is 900. The van der Waals surface area contributed by atoms with Crippen LogP contribution in [-0.2, 0) is 6.54 Å². The first kappa shape index (κ1) is 16.8. The fraction of sp³-hybridized carbons (Fsp3) is 0.0667. The molecule has 3 aromatic rings. The zero-order valence-corrected chi connectivity index (χ0v) is 13.2. The van der Waals surface area contributed by atoms with Crippen LogP contribution < -0.4 is 16.2 Å². The number of rotatable bonds is 7. The lowest BCUT2D eigenvalue weighted by molar-refractivity contribution is -0.383. The molecule has 132 valence electrons. The van der Waals surface area contributed by atoms with Crippen molar-refractivity contribution < 1.29 is 14.1 Å². The molecule has 3 heterocycles. The molecular formula is C15H13N7O4. The molecular weight excluding hydrogens is 342 g/mol. The highest BCUT2D eigenvalue weighted by Crippen LogP contribution is 2.28. The lowest BCUT2D eigenvalue weighted by Gasteiger charge is -2.10. The van der Waals surface area contributed by atoms with E-state index in [4.69, 9.17) is 4.42 Å². The predicted octanol–water partition coefficient (Wildman–Crippen LogP) is 1.74. The van der Waals surface area contributed by atoms with Crippen LogP contribution in [0.5, 0.6) is 0 Å². The summed E-state index contributed by atoms with van der Waals surface area (Å²) in [5.41, 5.74) is 4.65. The van der Waals surface area contributed by atoms with Crippen LogP contribution in [0.1, 0.15) is 16.1 Å². The molecule has 0 saturated carbocycles. The number of furan rings is 1. The summed E-state index contributed by atoms with van der Waals surface area (Å²) in [6.07, 6.45) is 5.51. The molecule has 3 rings (SSSR count). The van der Waals surface area contributed by atoms with Gasteiger partial charge in [0.2, 0.25) is 11.6 Å². The van der Waals surface area contributed by atoms with Crippen LogP contribution in [0.3, 0.4) is 0 Å². The summed E-state index contributed by atoms with van der Waals surface area (Å²) < 4.78 is 5.16. The van der Waals surface area contributed by atoms with Crippen molar-refractivity contribution in [2.24, 2.45) is 0 Å². The quantitative estimate of drug-likeness (QED) is 0.425. The molecule has 11 nitrogen and oxygen atoms in total. The van der Waals surface area contributed by atoms with E-state index >= 15 is 0 Å². The van der Waals surface area contributed by atoms with Gasteiger partial charge in [0, 0.05) is 12.4 Å². The number of hydrogen-bond donors (Lipinski definition) is 3. The fourth-order valence-corrected chi connectivity index (χ4v) is 2.04. The number of carbonyl (C=O) groups excluding carboxylic acids is 1. The lowest BCUT2D eigenvalue weighted by atomic mass is 10.3. The maximum absolute atomic E-state index is 12.0. The van der Waals surface area contributed by atoms with E-state index in [0.29, 0.717) is 5.76 Å². The summed E-state index contributed by atoms with van der Waals surface area (Å²) in [5.74, 6) is -0.114. The Morgan fingerprint density at radius 1 is 1.23 bits per heavy atom. The standard InChI is InChI=1S/C15H13N7O4/c23-15(10-3-1-5-16-7-10)21-20-14-12(22(24)25)13(18-9-19-14)17-8-11-4-2-6-26-11/h1-7,9H,8H2,(H,21,23)(H2,17,18,19,20). The summed E-state index contributed by atoms with van der Waals surface area (Å²) in [6.45, 7) is 0.201. The Balaban J connectivity index is 1.75. The molecule has 1 amide bonds. The normalized spacial score (nSPS) is 10.2. The molecule has 0 spiro atoms. The first-order valence-corrected chi connectivity index (χ1v) is 7.37. The second kappa shape index (κ2) is 7.70. The third-order valence-corrected chi connectivity index (χ3v) is 3.23. The summed E-state index contributed by atoms with van der Waals surface area (Å²) in [5, 5.41) is 14.2. The van der Waals surface area contributed by atoms with Crippen LogP contribution >= 0.6 is 0 Å². The van der Waals surface area contributed by atoms with Crippen molar-refractivity contribution >= 4 is 23.2 Å². The van der Waals surface area contributed by atoms with E-state index in [2.05, 4.69) is 31.1 Å². The van der Waals surface area contributed by atoms with Crippen LogP contribution in [0.25, 0.3) is 0 Å². The third-order valence-electron chi connectivity index (χ3n) is 3.23. The van der Waals surface area contributed by atoms with Gasteiger partial charge in [-0.15, -0.1) is 0 Å². The Morgan fingerprint density at radius 3 is 2.77 bits per heavy atom. The zero-order valence-electron chi connectivity index (χ0n) is 13.2. The van der Waals surface area contributed by atoms with Crippen LogP contribution in [0.15, 0.2) is 53.7 Å². The van der Waals surface area contributed by atoms with Crippen molar-refractivity contribution in [2.45, 2.75) is 6.54 Å². The second-order valence-electron chi connectivity index (χ2n) is 4.93. The van der Waals surface area contributed by atoms with E-state index in [1.54, 1.807) is 24.3 Å². The van der Waals surface area contributed by atoms with Crippen LogP contribution in [0, 0.1) is 10.1 Å². The number of anilines is 2. The van der Waals surface area contributed by atoms with Crippen molar-refractivity contribution in [3.63, 3.8) is 0 Å². The summed E-state index contributed by atoms with van der Waals surface area (Å²) in [6, 6.07) is 6.56. The maximum Gasteiger partial charge on any atom is 0.354 e. The van der Waals surface area contributed by atoms with Gasteiger partial charge in [-0.2, -0.15) is 0 Å². The van der Waals surface area contributed by atoms with Gasteiger partial charge in [-0.05, 0) is 24.3 Å². The molecule has 0 fully saturated rings. The van der Waals surface area contributed by atoms with Gasteiger partial charge in [0.15, 0.2) is 0 Å². The van der Waals surface area contributed by atoms with Crippen molar-refractivity contribution in [3.05, 3.63) is 70.7 Å².